The number of fused-ring (bicyclic) bond motifs is 2. The summed E-state index contributed by atoms with van der Waals surface area (Å²) in [6, 6.07) is 18.5. The molecule has 2 aliphatic rings. The summed E-state index contributed by atoms with van der Waals surface area (Å²) in [5.74, 6) is -0.752. The van der Waals surface area contributed by atoms with E-state index in [0.717, 1.165) is 34.3 Å². The Bertz CT molecular complexity index is 1550. The molecule has 0 spiro atoms. The minimum atomic E-state index is -4.17. The molecule has 1 heterocycles. The maximum atomic E-state index is 13.2. The third kappa shape index (κ3) is 5.35. The number of nitrogens with one attached hydrogen (secondary N) is 3. The van der Waals surface area contributed by atoms with Crippen molar-refractivity contribution in [1.82, 2.24) is 15.0 Å². The van der Waals surface area contributed by atoms with Crippen molar-refractivity contribution in [2.24, 2.45) is 5.73 Å². The molecule has 40 heavy (non-hydrogen) atoms. The number of aryl methyl sites for hydroxylation is 2. The van der Waals surface area contributed by atoms with Crippen molar-refractivity contribution in [1.29, 1.82) is 0 Å². The van der Waals surface area contributed by atoms with E-state index in [1.165, 1.54) is 23.3 Å². The lowest BCUT2D eigenvalue weighted by molar-refractivity contribution is -0.384. The van der Waals surface area contributed by atoms with Crippen molar-refractivity contribution in [3.8, 4) is 0 Å². The number of hydrogen-bond acceptors (Lipinski definition) is 7. The van der Waals surface area contributed by atoms with Crippen molar-refractivity contribution < 1.29 is 18.1 Å². The number of nitrogens with zero attached hydrogens (tertiary/aromatic N) is 2. The number of sulfonamides is 1. The maximum absolute atomic E-state index is 13.2. The van der Waals surface area contributed by atoms with E-state index in [2.05, 4.69) is 40.4 Å². The molecule has 3 aromatic carbocycles. The fourth-order valence-corrected chi connectivity index (χ4v) is 7.20. The van der Waals surface area contributed by atoms with E-state index in [1.54, 1.807) is 0 Å². The summed E-state index contributed by atoms with van der Waals surface area (Å²) in [4.78, 5) is 22.6. The molecule has 5 N–H and O–H groups in total. The average Bonchev–Trinajstić information content (AvgIpc) is 3.40. The smallest absolute Gasteiger partial charge is 0.295 e. The van der Waals surface area contributed by atoms with E-state index in [1.807, 2.05) is 24.3 Å². The van der Waals surface area contributed by atoms with Crippen molar-refractivity contribution in [2.45, 2.75) is 42.7 Å². The zero-order chi connectivity index (χ0) is 28.4. The van der Waals surface area contributed by atoms with Crippen LogP contribution in [-0.4, -0.2) is 41.3 Å². The molecular weight excluding hydrogens is 552 g/mol. The van der Waals surface area contributed by atoms with Gasteiger partial charge in [0.2, 0.25) is 15.9 Å². The van der Waals surface area contributed by atoms with Crippen molar-refractivity contribution in [3.05, 3.63) is 99.1 Å². The number of carbonyl (C=O) groups is 1. The lowest BCUT2D eigenvalue weighted by Gasteiger charge is -2.24. The van der Waals surface area contributed by atoms with Gasteiger partial charge < -0.3 is 11.1 Å². The molecular formula is C27H28N6O5S2. The summed E-state index contributed by atoms with van der Waals surface area (Å²) in [5, 5.41) is 15.4. The first-order valence-electron chi connectivity index (χ1n) is 12.7. The highest BCUT2D eigenvalue weighted by molar-refractivity contribution is 7.89. The summed E-state index contributed by atoms with van der Waals surface area (Å²) >= 11 is 5.54. The van der Waals surface area contributed by atoms with Gasteiger partial charge >= 0.3 is 0 Å². The molecule has 0 unspecified atom stereocenters. The molecule has 1 atom stereocenters. The Morgan fingerprint density at radius 2 is 1.65 bits per heavy atom. The van der Waals surface area contributed by atoms with Gasteiger partial charge in [0.05, 0.1) is 15.9 Å². The van der Waals surface area contributed by atoms with Crippen LogP contribution in [0.3, 0.4) is 0 Å². The summed E-state index contributed by atoms with van der Waals surface area (Å²) in [6.07, 6.45) is 2.56. The first kappa shape index (κ1) is 27.5. The number of nitrogens with two attached hydrogens (primary N) is 1. The second kappa shape index (κ2) is 11.2. The number of carbonyl (C=O) groups excluding carboxylic acids is 1. The van der Waals surface area contributed by atoms with Crippen molar-refractivity contribution in [3.63, 3.8) is 0 Å². The highest BCUT2D eigenvalue weighted by Gasteiger charge is 2.39. The van der Waals surface area contributed by atoms with Crippen LogP contribution < -0.4 is 21.9 Å². The number of rotatable bonds is 7. The van der Waals surface area contributed by atoms with Crippen molar-refractivity contribution in [2.75, 3.05) is 12.0 Å². The molecule has 1 amide bonds. The van der Waals surface area contributed by atoms with Gasteiger partial charge in [-0.1, -0.05) is 48.5 Å². The number of nitro benzene ring substituents is 1. The van der Waals surface area contributed by atoms with Crippen LogP contribution in [0.5, 0.6) is 0 Å². The van der Waals surface area contributed by atoms with Crippen LogP contribution >= 0.6 is 12.2 Å². The molecule has 0 bridgehead atoms. The maximum Gasteiger partial charge on any atom is 0.295 e. The minimum absolute atomic E-state index is 0.0163. The second-order valence-electron chi connectivity index (χ2n) is 9.67. The van der Waals surface area contributed by atoms with Gasteiger partial charge in [-0.15, -0.1) is 0 Å². The standard InChI is InChI=1S/C27H28N6O5S2/c28-26(34)23-10-5-15-32(23)40(37,38)19-13-14-22(24(16-19)33(35)36)30-31-27(39)29-25-20-8-3-1-6-17(20)11-12-18-7-2-4-9-21(18)25/h1-4,6-9,13-14,16,23,25,30H,5,10-12,15H2,(H2,28,34)(H2,29,31,39)/t23-/m0/s1. The van der Waals surface area contributed by atoms with Crippen LogP contribution in [0.1, 0.15) is 41.1 Å². The van der Waals surface area contributed by atoms with Gasteiger partial charge in [0.25, 0.3) is 5.69 Å². The Labute approximate surface area is 236 Å². The molecule has 1 aliphatic carbocycles. The summed E-state index contributed by atoms with van der Waals surface area (Å²) in [6.45, 7) is 0.110. The molecule has 208 valence electrons. The molecule has 0 saturated carbocycles. The number of benzene rings is 3. The van der Waals surface area contributed by atoms with E-state index in [4.69, 9.17) is 18.0 Å². The van der Waals surface area contributed by atoms with Gasteiger partial charge in [0.1, 0.15) is 11.7 Å². The van der Waals surface area contributed by atoms with Gasteiger partial charge in [-0.3, -0.25) is 25.8 Å². The highest BCUT2D eigenvalue weighted by Crippen LogP contribution is 2.33. The van der Waals surface area contributed by atoms with E-state index >= 15 is 0 Å². The lowest BCUT2D eigenvalue weighted by atomic mass is 9.95. The Morgan fingerprint density at radius 3 is 2.25 bits per heavy atom. The number of nitro groups is 1. The zero-order valence-electron chi connectivity index (χ0n) is 21.4. The van der Waals surface area contributed by atoms with E-state index < -0.39 is 32.6 Å². The number of hydrogen-bond donors (Lipinski definition) is 4. The van der Waals surface area contributed by atoms with Crippen LogP contribution in [0, 0.1) is 10.1 Å². The monoisotopic (exact) mass is 580 g/mol. The molecule has 0 aromatic heterocycles. The molecule has 5 rings (SSSR count). The van der Waals surface area contributed by atoms with Gasteiger partial charge in [0.15, 0.2) is 5.11 Å². The summed E-state index contributed by atoms with van der Waals surface area (Å²) < 4.78 is 27.4. The Morgan fingerprint density at radius 1 is 1.02 bits per heavy atom. The quantitative estimate of drug-likeness (QED) is 0.187. The number of thiocarbonyl (C=S) groups is 1. The Balaban J connectivity index is 1.35. The summed E-state index contributed by atoms with van der Waals surface area (Å²) in [7, 11) is -4.17. The second-order valence-corrected chi connectivity index (χ2v) is 12.0. The molecule has 1 fully saturated rings. The van der Waals surface area contributed by atoms with E-state index in [9.17, 15) is 23.3 Å². The molecule has 3 aromatic rings. The first-order valence-corrected chi connectivity index (χ1v) is 14.6. The van der Waals surface area contributed by atoms with Crippen LogP contribution in [0.2, 0.25) is 0 Å². The van der Waals surface area contributed by atoms with Gasteiger partial charge in [0, 0.05) is 12.6 Å². The van der Waals surface area contributed by atoms with Crippen LogP contribution in [-0.2, 0) is 27.7 Å². The number of hydrazine groups is 1. The molecule has 11 nitrogen and oxygen atoms in total. The van der Waals surface area contributed by atoms with Crippen LogP contribution in [0.15, 0.2) is 71.6 Å². The molecule has 1 aliphatic heterocycles. The number of primary amides is 1. The first-order chi connectivity index (χ1) is 19.2. The lowest BCUT2D eigenvalue weighted by Crippen LogP contribution is -2.43. The van der Waals surface area contributed by atoms with E-state index in [-0.39, 0.29) is 28.3 Å². The normalized spacial score (nSPS) is 17.2. The molecule has 13 heteroatoms. The van der Waals surface area contributed by atoms with Gasteiger partial charge in [-0.25, -0.2) is 8.42 Å². The fourth-order valence-electron chi connectivity index (χ4n) is 5.35. The highest BCUT2D eigenvalue weighted by atomic mass is 32.2. The number of amides is 1. The SMILES string of the molecule is NC(=O)[C@@H]1CCCN1S(=O)(=O)c1ccc(NNC(=S)NC2c3ccccc3CCc3ccccc32)c([N+](=O)[O-])c1. The predicted molar refractivity (Wildman–Crippen MR) is 154 cm³/mol. The number of anilines is 1. The molecule has 1 saturated heterocycles. The molecule has 0 radical (unpaired) electrons. The minimum Gasteiger partial charge on any atom is -0.368 e. The van der Waals surface area contributed by atoms with Gasteiger partial charge in [-0.2, -0.15) is 4.31 Å². The predicted octanol–water partition coefficient (Wildman–Crippen LogP) is 2.91. The third-order valence-electron chi connectivity index (χ3n) is 7.29. The summed E-state index contributed by atoms with van der Waals surface area (Å²) in [5.41, 5.74) is 15.1. The fraction of sp³-hybridized carbons (Fsp3) is 0.259. The largest absolute Gasteiger partial charge is 0.368 e. The topological polar surface area (TPSA) is 160 Å². The van der Waals surface area contributed by atoms with Crippen LogP contribution in [0.25, 0.3) is 0 Å². The zero-order valence-corrected chi connectivity index (χ0v) is 23.0. The average molecular weight is 581 g/mol. The third-order valence-corrected chi connectivity index (χ3v) is 9.41. The Kier molecular flexibility index (Phi) is 7.70. The Hall–Kier alpha value is -4.07. The van der Waals surface area contributed by atoms with Crippen molar-refractivity contribution >= 4 is 44.6 Å². The van der Waals surface area contributed by atoms with Crippen LogP contribution in [0.4, 0.5) is 11.4 Å². The van der Waals surface area contributed by atoms with E-state index in [0.29, 0.717) is 12.8 Å². The van der Waals surface area contributed by atoms with Gasteiger partial charge in [-0.05, 0) is 72.3 Å².